The van der Waals surface area contributed by atoms with Crippen molar-refractivity contribution in [3.63, 3.8) is 0 Å². The number of hydrogen-bond donors (Lipinski definition) is 0. The molecule has 0 aliphatic rings. The third-order valence-corrected chi connectivity index (χ3v) is 4.04. The van der Waals surface area contributed by atoms with Crippen LogP contribution < -0.4 is 0 Å². The molecule has 0 atom stereocenters. The van der Waals surface area contributed by atoms with Crippen LogP contribution in [0.1, 0.15) is 35.1 Å². The van der Waals surface area contributed by atoms with Gasteiger partial charge in [-0.15, -0.1) is 0 Å². The lowest BCUT2D eigenvalue weighted by atomic mass is 9.96. The molecular formula is C18H18N3O. The first-order valence-corrected chi connectivity index (χ1v) is 7.40. The Morgan fingerprint density at radius 3 is 2.41 bits per heavy atom. The van der Waals surface area contributed by atoms with E-state index in [0.29, 0.717) is 5.69 Å². The molecule has 22 heavy (non-hydrogen) atoms. The van der Waals surface area contributed by atoms with Crippen LogP contribution in [0.5, 0.6) is 0 Å². The summed E-state index contributed by atoms with van der Waals surface area (Å²) in [7, 11) is 0. The summed E-state index contributed by atoms with van der Waals surface area (Å²) in [5.74, 6) is 0. The highest BCUT2D eigenvalue weighted by atomic mass is 16.1. The molecule has 0 fully saturated rings. The molecule has 4 nitrogen and oxygen atoms in total. The third-order valence-electron chi connectivity index (χ3n) is 4.04. The molecule has 0 bridgehead atoms. The average molecular weight is 292 g/mol. The molecule has 0 saturated carbocycles. The van der Waals surface area contributed by atoms with Gasteiger partial charge in [0.25, 0.3) is 6.29 Å². The molecule has 3 rings (SSSR count). The van der Waals surface area contributed by atoms with Crippen LogP contribution in [0, 0.1) is 20.8 Å². The lowest BCUT2D eigenvalue weighted by Gasteiger charge is -2.09. The van der Waals surface area contributed by atoms with Gasteiger partial charge in [0.2, 0.25) is 0 Å². The van der Waals surface area contributed by atoms with Crippen molar-refractivity contribution in [2.24, 2.45) is 0 Å². The van der Waals surface area contributed by atoms with Crippen molar-refractivity contribution in [3.05, 3.63) is 52.5 Å². The largest absolute Gasteiger partial charge is 0.283 e. The topological polar surface area (TPSA) is 47.3 Å². The highest BCUT2D eigenvalue weighted by Crippen LogP contribution is 2.33. The van der Waals surface area contributed by atoms with Gasteiger partial charge in [-0.1, -0.05) is 25.1 Å². The first-order chi connectivity index (χ1) is 10.6. The molecule has 4 heteroatoms. The van der Waals surface area contributed by atoms with E-state index in [2.05, 4.69) is 36.1 Å². The smallest absolute Gasteiger partial charge is 0.253 e. The van der Waals surface area contributed by atoms with Crippen LogP contribution in [0.15, 0.2) is 24.3 Å². The predicted molar refractivity (Wildman–Crippen MR) is 86.8 cm³/mol. The maximum Gasteiger partial charge on any atom is 0.253 e. The molecule has 0 aliphatic carbocycles. The second-order valence-electron chi connectivity index (χ2n) is 5.55. The Balaban J connectivity index is 2.44. The number of nitrogens with zero attached hydrogens (tertiary/aromatic N) is 3. The molecule has 0 saturated heterocycles. The normalized spacial score (nSPS) is 11.1. The van der Waals surface area contributed by atoms with Crippen molar-refractivity contribution in [2.75, 3.05) is 0 Å². The second kappa shape index (κ2) is 5.37. The van der Waals surface area contributed by atoms with E-state index in [9.17, 15) is 4.79 Å². The zero-order chi connectivity index (χ0) is 15.9. The quantitative estimate of drug-likeness (QED) is 0.744. The van der Waals surface area contributed by atoms with E-state index < -0.39 is 0 Å². The first kappa shape index (κ1) is 14.4. The lowest BCUT2D eigenvalue weighted by molar-refractivity contribution is 0.561. The molecule has 0 unspecified atom stereocenters. The summed E-state index contributed by atoms with van der Waals surface area (Å²) < 4.78 is 1.84. The fourth-order valence-corrected chi connectivity index (χ4v) is 2.99. The molecule has 2 aromatic heterocycles. The zero-order valence-corrected chi connectivity index (χ0v) is 13.3. The molecule has 111 valence electrons. The maximum atomic E-state index is 11.1. The van der Waals surface area contributed by atoms with Gasteiger partial charge in [-0.05, 0) is 49.9 Å². The van der Waals surface area contributed by atoms with Gasteiger partial charge in [0.1, 0.15) is 5.69 Å². The van der Waals surface area contributed by atoms with E-state index in [4.69, 9.17) is 0 Å². The molecular weight excluding hydrogens is 274 g/mol. The molecule has 0 N–H and O–H groups in total. The van der Waals surface area contributed by atoms with Crippen molar-refractivity contribution < 1.29 is 4.79 Å². The molecule has 0 aliphatic heterocycles. The SMILES string of the molecule is CCc1cc([C]=O)nc2c(-c3c(C)cccc3C)c(C)nn12. The Labute approximate surface area is 129 Å². The van der Waals surface area contributed by atoms with Gasteiger partial charge in [0.15, 0.2) is 5.65 Å². The maximum absolute atomic E-state index is 11.1. The Kier molecular flexibility index (Phi) is 3.53. The van der Waals surface area contributed by atoms with Gasteiger partial charge in [0, 0.05) is 5.69 Å². The van der Waals surface area contributed by atoms with Crippen LogP contribution in [0.4, 0.5) is 0 Å². The van der Waals surface area contributed by atoms with Crippen LogP contribution >= 0.6 is 0 Å². The highest BCUT2D eigenvalue weighted by Gasteiger charge is 2.18. The Bertz CT molecular complexity index is 857. The third kappa shape index (κ3) is 2.11. The van der Waals surface area contributed by atoms with E-state index >= 15 is 0 Å². The van der Waals surface area contributed by atoms with E-state index in [1.807, 2.05) is 30.7 Å². The minimum atomic E-state index is 0.330. The van der Waals surface area contributed by atoms with E-state index in [1.165, 1.54) is 11.1 Å². The summed E-state index contributed by atoms with van der Waals surface area (Å²) in [4.78, 5) is 15.5. The molecule has 0 amide bonds. The van der Waals surface area contributed by atoms with Crippen molar-refractivity contribution in [3.8, 4) is 11.1 Å². The number of aryl methyl sites for hydroxylation is 4. The molecule has 2 heterocycles. The van der Waals surface area contributed by atoms with Crippen molar-refractivity contribution in [1.82, 2.24) is 14.6 Å². The summed E-state index contributed by atoms with van der Waals surface area (Å²) >= 11 is 0. The minimum Gasteiger partial charge on any atom is -0.283 e. The van der Waals surface area contributed by atoms with Crippen molar-refractivity contribution in [1.29, 1.82) is 0 Å². The number of aromatic nitrogens is 3. The van der Waals surface area contributed by atoms with Crippen LogP contribution in [0.2, 0.25) is 0 Å². The van der Waals surface area contributed by atoms with Gasteiger partial charge < -0.3 is 0 Å². The van der Waals surface area contributed by atoms with E-state index in [-0.39, 0.29) is 0 Å². The number of fused-ring (bicyclic) bond motifs is 1. The number of benzene rings is 1. The Hall–Kier alpha value is -2.49. The summed E-state index contributed by atoms with van der Waals surface area (Å²) in [6.45, 7) is 8.20. The Morgan fingerprint density at radius 2 is 1.82 bits per heavy atom. The van der Waals surface area contributed by atoms with Crippen molar-refractivity contribution >= 4 is 11.9 Å². The van der Waals surface area contributed by atoms with E-state index in [1.54, 1.807) is 6.07 Å². The minimum absolute atomic E-state index is 0.330. The monoisotopic (exact) mass is 292 g/mol. The highest BCUT2D eigenvalue weighted by molar-refractivity contribution is 5.85. The van der Waals surface area contributed by atoms with Gasteiger partial charge >= 0.3 is 0 Å². The lowest BCUT2D eigenvalue weighted by Crippen LogP contribution is -2.02. The molecule has 0 spiro atoms. The van der Waals surface area contributed by atoms with Crippen LogP contribution in [0.3, 0.4) is 0 Å². The van der Waals surface area contributed by atoms with Crippen molar-refractivity contribution in [2.45, 2.75) is 34.1 Å². The van der Waals surface area contributed by atoms with Gasteiger partial charge in [0.05, 0.1) is 11.3 Å². The summed E-state index contributed by atoms with van der Waals surface area (Å²) in [6, 6.07) is 7.97. The predicted octanol–water partition coefficient (Wildman–Crippen LogP) is 3.34. The van der Waals surface area contributed by atoms with Gasteiger partial charge in [-0.2, -0.15) is 5.10 Å². The summed E-state index contributed by atoms with van der Waals surface area (Å²) in [5.41, 5.74) is 7.45. The second-order valence-corrected chi connectivity index (χ2v) is 5.55. The number of carbonyl (C=O) groups excluding carboxylic acids is 1. The fraction of sp³-hybridized carbons (Fsp3) is 0.278. The molecule has 1 radical (unpaired) electrons. The van der Waals surface area contributed by atoms with Crippen LogP contribution in [-0.4, -0.2) is 20.9 Å². The van der Waals surface area contributed by atoms with Gasteiger partial charge in [-0.25, -0.2) is 9.50 Å². The van der Waals surface area contributed by atoms with E-state index in [0.717, 1.165) is 34.6 Å². The average Bonchev–Trinajstić information content (AvgIpc) is 2.82. The summed E-state index contributed by atoms with van der Waals surface area (Å²) in [5, 5.41) is 4.64. The standard InChI is InChI=1S/C18H18N3O/c1-5-15-9-14(10-22)19-18-17(13(4)20-21(15)18)16-11(2)7-6-8-12(16)3/h6-9H,5H2,1-4H3. The fourth-order valence-electron chi connectivity index (χ4n) is 2.99. The van der Waals surface area contributed by atoms with Crippen LogP contribution in [-0.2, 0) is 11.2 Å². The van der Waals surface area contributed by atoms with Crippen LogP contribution in [0.25, 0.3) is 16.8 Å². The first-order valence-electron chi connectivity index (χ1n) is 7.40. The number of hydrogen-bond acceptors (Lipinski definition) is 3. The van der Waals surface area contributed by atoms with Gasteiger partial charge in [-0.3, -0.25) is 4.79 Å². The Morgan fingerprint density at radius 1 is 1.14 bits per heavy atom. The molecule has 3 aromatic rings. The number of rotatable bonds is 3. The summed E-state index contributed by atoms with van der Waals surface area (Å²) in [6.07, 6.45) is 2.69. The molecule has 1 aromatic carbocycles. The zero-order valence-electron chi connectivity index (χ0n) is 13.3.